The van der Waals surface area contributed by atoms with Crippen molar-refractivity contribution in [3.63, 3.8) is 0 Å². The van der Waals surface area contributed by atoms with Gasteiger partial charge in [0.2, 0.25) is 0 Å². The minimum Gasteiger partial charge on any atom is -0.444 e. The molecule has 4 nitrogen and oxygen atoms in total. The molecule has 0 radical (unpaired) electrons. The lowest BCUT2D eigenvalue weighted by molar-refractivity contribution is 0.0517. The fraction of sp³-hybridized carbons (Fsp3) is 0.941. The normalized spacial score (nSPS) is 23.1. The maximum absolute atomic E-state index is 11.7. The third-order valence-corrected chi connectivity index (χ3v) is 4.37. The second-order valence-electron chi connectivity index (χ2n) is 8.08. The van der Waals surface area contributed by atoms with E-state index in [9.17, 15) is 4.79 Å². The fourth-order valence-electron chi connectivity index (χ4n) is 2.61. The van der Waals surface area contributed by atoms with Crippen molar-refractivity contribution in [3.05, 3.63) is 0 Å². The van der Waals surface area contributed by atoms with Crippen molar-refractivity contribution in [2.45, 2.75) is 78.9 Å². The Morgan fingerprint density at radius 3 is 2.43 bits per heavy atom. The van der Waals surface area contributed by atoms with Crippen molar-refractivity contribution in [3.8, 4) is 0 Å². The van der Waals surface area contributed by atoms with E-state index in [1.165, 1.54) is 25.7 Å². The molecular weight excluding hydrogens is 264 g/mol. The quantitative estimate of drug-likeness (QED) is 0.786. The molecule has 1 fully saturated rings. The Labute approximate surface area is 130 Å². The molecule has 0 bridgehead atoms. The molecule has 0 aromatic carbocycles. The number of carbonyl (C=O) groups excluding carboxylic acids is 1. The summed E-state index contributed by atoms with van der Waals surface area (Å²) in [6.07, 6.45) is 4.50. The minimum atomic E-state index is -0.428. The first-order chi connectivity index (χ1) is 9.63. The maximum atomic E-state index is 11.7. The summed E-state index contributed by atoms with van der Waals surface area (Å²) < 4.78 is 5.29. The molecule has 0 aromatic heterocycles. The molecule has 124 valence electrons. The summed E-state index contributed by atoms with van der Waals surface area (Å²) in [7, 11) is 0. The van der Waals surface area contributed by atoms with E-state index in [2.05, 4.69) is 31.4 Å². The standard InChI is InChI=1S/C17H34N2O2/c1-7-17(5,6)12-19-14-10-8-9-13(14)11-18-15(20)21-16(2,3)4/h13-14,19H,7-12H2,1-6H3,(H,18,20). The van der Waals surface area contributed by atoms with Crippen molar-refractivity contribution in [1.82, 2.24) is 10.6 Å². The first-order valence-corrected chi connectivity index (χ1v) is 8.33. The highest BCUT2D eigenvalue weighted by atomic mass is 16.6. The Morgan fingerprint density at radius 1 is 1.19 bits per heavy atom. The SMILES string of the molecule is CCC(C)(C)CNC1CCCC1CNC(=O)OC(C)(C)C. The lowest BCUT2D eigenvalue weighted by Gasteiger charge is -2.28. The van der Waals surface area contributed by atoms with Crippen molar-refractivity contribution in [2.75, 3.05) is 13.1 Å². The highest BCUT2D eigenvalue weighted by molar-refractivity contribution is 5.67. The Hall–Kier alpha value is -0.770. The molecule has 21 heavy (non-hydrogen) atoms. The molecule has 4 heteroatoms. The van der Waals surface area contributed by atoms with Gasteiger partial charge < -0.3 is 15.4 Å². The Balaban J connectivity index is 2.35. The van der Waals surface area contributed by atoms with Gasteiger partial charge in [-0.1, -0.05) is 27.2 Å². The Bertz CT molecular complexity index is 334. The lowest BCUT2D eigenvalue weighted by Crippen LogP contribution is -2.43. The first-order valence-electron chi connectivity index (χ1n) is 8.33. The zero-order chi connectivity index (χ0) is 16.1. The summed E-state index contributed by atoms with van der Waals surface area (Å²) in [5.74, 6) is 0.519. The van der Waals surface area contributed by atoms with E-state index in [-0.39, 0.29) is 6.09 Å². The molecule has 0 aromatic rings. The summed E-state index contributed by atoms with van der Waals surface area (Å²) in [5.41, 5.74) is -0.0890. The van der Waals surface area contributed by atoms with E-state index in [4.69, 9.17) is 4.74 Å². The van der Waals surface area contributed by atoms with Crippen LogP contribution < -0.4 is 10.6 Å². The van der Waals surface area contributed by atoms with Crippen LogP contribution in [0.2, 0.25) is 0 Å². The van der Waals surface area contributed by atoms with Gasteiger partial charge in [0.25, 0.3) is 0 Å². The van der Waals surface area contributed by atoms with Crippen molar-refractivity contribution >= 4 is 6.09 Å². The largest absolute Gasteiger partial charge is 0.444 e. The number of carbonyl (C=O) groups is 1. The zero-order valence-corrected chi connectivity index (χ0v) is 14.7. The third kappa shape index (κ3) is 7.16. The monoisotopic (exact) mass is 298 g/mol. The van der Waals surface area contributed by atoms with Crippen LogP contribution in [-0.2, 0) is 4.74 Å². The molecule has 0 spiro atoms. The van der Waals surface area contributed by atoms with Gasteiger partial charge in [0.15, 0.2) is 0 Å². The molecule has 2 N–H and O–H groups in total. The average Bonchev–Trinajstić information content (AvgIpc) is 2.79. The van der Waals surface area contributed by atoms with E-state index in [0.717, 1.165) is 6.54 Å². The smallest absolute Gasteiger partial charge is 0.407 e. The number of hydrogen-bond acceptors (Lipinski definition) is 3. The lowest BCUT2D eigenvalue weighted by atomic mass is 9.89. The molecule has 0 saturated heterocycles. The van der Waals surface area contributed by atoms with E-state index in [0.29, 0.717) is 23.9 Å². The highest BCUT2D eigenvalue weighted by Crippen LogP contribution is 2.27. The van der Waals surface area contributed by atoms with Crippen LogP contribution in [-0.4, -0.2) is 30.8 Å². The molecule has 2 unspecified atom stereocenters. The minimum absolute atomic E-state index is 0.304. The predicted molar refractivity (Wildman–Crippen MR) is 87.4 cm³/mol. The van der Waals surface area contributed by atoms with Crippen LogP contribution in [0.25, 0.3) is 0 Å². The van der Waals surface area contributed by atoms with Gasteiger partial charge >= 0.3 is 6.09 Å². The Kier molecular flexibility index (Phi) is 6.51. The van der Waals surface area contributed by atoms with Gasteiger partial charge in [-0.25, -0.2) is 4.79 Å². The van der Waals surface area contributed by atoms with E-state index in [1.807, 2.05) is 20.8 Å². The molecule has 1 rings (SSSR count). The average molecular weight is 298 g/mol. The third-order valence-electron chi connectivity index (χ3n) is 4.37. The number of ether oxygens (including phenoxy) is 1. The molecular formula is C17H34N2O2. The molecule has 1 aliphatic carbocycles. The van der Waals surface area contributed by atoms with Gasteiger partial charge in [0, 0.05) is 19.1 Å². The van der Waals surface area contributed by atoms with Crippen molar-refractivity contribution < 1.29 is 9.53 Å². The van der Waals surface area contributed by atoms with Crippen LogP contribution in [0.3, 0.4) is 0 Å². The molecule has 1 aliphatic rings. The topological polar surface area (TPSA) is 50.4 Å². The number of rotatable bonds is 6. The van der Waals surface area contributed by atoms with Gasteiger partial charge in [-0.3, -0.25) is 0 Å². The Morgan fingerprint density at radius 2 is 1.86 bits per heavy atom. The van der Waals surface area contributed by atoms with Crippen LogP contribution in [0, 0.1) is 11.3 Å². The second kappa shape index (κ2) is 7.48. The number of hydrogen-bond donors (Lipinski definition) is 2. The van der Waals surface area contributed by atoms with Gasteiger partial charge in [0.05, 0.1) is 0 Å². The van der Waals surface area contributed by atoms with Crippen molar-refractivity contribution in [1.29, 1.82) is 0 Å². The molecule has 1 saturated carbocycles. The summed E-state index contributed by atoms with van der Waals surface area (Å²) in [6, 6.07) is 0.519. The van der Waals surface area contributed by atoms with Crippen LogP contribution in [0.5, 0.6) is 0 Å². The summed E-state index contributed by atoms with van der Waals surface area (Å²) >= 11 is 0. The van der Waals surface area contributed by atoms with Crippen LogP contribution in [0.1, 0.15) is 67.2 Å². The number of nitrogens with one attached hydrogen (secondary N) is 2. The van der Waals surface area contributed by atoms with Crippen LogP contribution in [0.15, 0.2) is 0 Å². The maximum Gasteiger partial charge on any atom is 0.407 e. The number of alkyl carbamates (subject to hydrolysis) is 1. The van der Waals surface area contributed by atoms with E-state index < -0.39 is 5.60 Å². The molecule has 2 atom stereocenters. The predicted octanol–water partition coefficient (Wildman–Crippen LogP) is 3.71. The first kappa shape index (κ1) is 18.3. The van der Waals surface area contributed by atoms with E-state index >= 15 is 0 Å². The molecule has 0 aliphatic heterocycles. The highest BCUT2D eigenvalue weighted by Gasteiger charge is 2.29. The second-order valence-corrected chi connectivity index (χ2v) is 8.08. The summed E-state index contributed by atoms with van der Waals surface area (Å²) in [4.78, 5) is 11.7. The van der Waals surface area contributed by atoms with Crippen LogP contribution in [0.4, 0.5) is 4.79 Å². The zero-order valence-electron chi connectivity index (χ0n) is 14.7. The van der Waals surface area contributed by atoms with Crippen LogP contribution >= 0.6 is 0 Å². The summed E-state index contributed by atoms with van der Waals surface area (Å²) in [5, 5.41) is 6.62. The number of amides is 1. The van der Waals surface area contributed by atoms with Gasteiger partial charge in [-0.15, -0.1) is 0 Å². The van der Waals surface area contributed by atoms with E-state index in [1.54, 1.807) is 0 Å². The summed E-state index contributed by atoms with van der Waals surface area (Å²) in [6.45, 7) is 14.2. The molecule has 0 heterocycles. The molecule has 1 amide bonds. The van der Waals surface area contributed by atoms with Crippen molar-refractivity contribution in [2.24, 2.45) is 11.3 Å². The fourth-order valence-corrected chi connectivity index (χ4v) is 2.61. The van der Waals surface area contributed by atoms with Gasteiger partial charge in [-0.2, -0.15) is 0 Å². The van der Waals surface area contributed by atoms with Gasteiger partial charge in [-0.05, 0) is 51.4 Å². The van der Waals surface area contributed by atoms with Gasteiger partial charge in [0.1, 0.15) is 5.60 Å².